The van der Waals surface area contributed by atoms with E-state index >= 15 is 0 Å². The number of hydrogen-bond donors (Lipinski definition) is 0. The molecule has 1 aliphatic heterocycles. The maximum atomic E-state index is 11.7. The van der Waals surface area contributed by atoms with Crippen molar-refractivity contribution in [3.05, 3.63) is 17.6 Å². The lowest BCUT2D eigenvalue weighted by Gasteiger charge is -2.20. The molecule has 74 valence electrons. The fourth-order valence-electron chi connectivity index (χ4n) is 1.79. The molecular weight excluding hydrogens is 178 g/mol. The summed E-state index contributed by atoms with van der Waals surface area (Å²) in [5.41, 5.74) is 1.89. The molecule has 0 saturated carbocycles. The lowest BCUT2D eigenvalue weighted by molar-refractivity contribution is -0.117. The molecular formula is C10H13N3O. The van der Waals surface area contributed by atoms with E-state index in [1.807, 2.05) is 20.8 Å². The van der Waals surface area contributed by atoms with Crippen LogP contribution in [0.3, 0.4) is 0 Å². The van der Waals surface area contributed by atoms with E-state index in [4.69, 9.17) is 0 Å². The van der Waals surface area contributed by atoms with Crippen LogP contribution in [0.15, 0.2) is 6.33 Å². The van der Waals surface area contributed by atoms with Crippen LogP contribution in [-0.2, 0) is 11.2 Å². The van der Waals surface area contributed by atoms with Gasteiger partial charge < -0.3 is 0 Å². The maximum Gasteiger partial charge on any atom is 0.233 e. The number of aromatic nitrogens is 2. The number of hydrogen-bond acceptors (Lipinski definition) is 3. The standard InChI is InChI=1S/C10H13N3O/c1-6(2)13-9(14)4-8-7(3)11-5-12-10(8)13/h5-6H,4H2,1-3H3. The highest BCUT2D eigenvalue weighted by atomic mass is 16.2. The minimum absolute atomic E-state index is 0.124. The summed E-state index contributed by atoms with van der Waals surface area (Å²) in [5, 5.41) is 0. The Hall–Kier alpha value is -1.45. The van der Waals surface area contributed by atoms with E-state index in [1.165, 1.54) is 6.33 Å². The van der Waals surface area contributed by atoms with E-state index < -0.39 is 0 Å². The van der Waals surface area contributed by atoms with E-state index in [0.29, 0.717) is 6.42 Å². The van der Waals surface area contributed by atoms with Crippen molar-refractivity contribution in [2.45, 2.75) is 33.2 Å². The molecule has 0 fully saturated rings. The van der Waals surface area contributed by atoms with Gasteiger partial charge in [0.15, 0.2) is 0 Å². The third kappa shape index (κ3) is 1.18. The molecule has 0 N–H and O–H groups in total. The maximum absolute atomic E-state index is 11.7. The fourth-order valence-corrected chi connectivity index (χ4v) is 1.79. The Morgan fingerprint density at radius 2 is 2.14 bits per heavy atom. The fraction of sp³-hybridized carbons (Fsp3) is 0.500. The van der Waals surface area contributed by atoms with Crippen molar-refractivity contribution >= 4 is 11.7 Å². The minimum Gasteiger partial charge on any atom is -0.294 e. The summed E-state index contributed by atoms with van der Waals surface area (Å²) in [7, 11) is 0. The number of nitrogens with zero attached hydrogens (tertiary/aromatic N) is 3. The van der Waals surface area contributed by atoms with Crippen LogP contribution < -0.4 is 4.90 Å². The number of aryl methyl sites for hydroxylation is 1. The predicted molar refractivity (Wildman–Crippen MR) is 53.1 cm³/mol. The smallest absolute Gasteiger partial charge is 0.233 e. The molecule has 0 spiro atoms. The third-order valence-electron chi connectivity index (χ3n) is 2.48. The number of fused-ring (bicyclic) bond motifs is 1. The van der Waals surface area contributed by atoms with E-state index in [2.05, 4.69) is 9.97 Å². The Balaban J connectivity index is 2.53. The largest absolute Gasteiger partial charge is 0.294 e. The van der Waals surface area contributed by atoms with Crippen LogP contribution in [0.25, 0.3) is 0 Å². The molecule has 1 aromatic rings. The van der Waals surface area contributed by atoms with E-state index in [1.54, 1.807) is 4.90 Å². The van der Waals surface area contributed by atoms with Crippen LogP contribution in [0.4, 0.5) is 5.82 Å². The summed E-state index contributed by atoms with van der Waals surface area (Å²) in [6.45, 7) is 5.90. The van der Waals surface area contributed by atoms with Crippen molar-refractivity contribution in [3.63, 3.8) is 0 Å². The zero-order valence-electron chi connectivity index (χ0n) is 8.61. The summed E-state index contributed by atoms with van der Waals surface area (Å²) < 4.78 is 0. The van der Waals surface area contributed by atoms with Crippen molar-refractivity contribution in [1.29, 1.82) is 0 Å². The average molecular weight is 191 g/mol. The van der Waals surface area contributed by atoms with Gasteiger partial charge in [-0.3, -0.25) is 9.69 Å². The van der Waals surface area contributed by atoms with Gasteiger partial charge in [-0.05, 0) is 20.8 Å². The van der Waals surface area contributed by atoms with Gasteiger partial charge in [0.2, 0.25) is 5.91 Å². The molecule has 2 rings (SSSR count). The first-order valence-electron chi connectivity index (χ1n) is 4.73. The second-order valence-corrected chi connectivity index (χ2v) is 3.80. The Morgan fingerprint density at radius 3 is 2.79 bits per heavy atom. The van der Waals surface area contributed by atoms with Gasteiger partial charge in [-0.15, -0.1) is 0 Å². The second kappa shape index (κ2) is 3.04. The molecule has 1 aromatic heterocycles. The van der Waals surface area contributed by atoms with Crippen molar-refractivity contribution < 1.29 is 4.79 Å². The zero-order chi connectivity index (χ0) is 10.3. The van der Waals surface area contributed by atoms with Gasteiger partial charge in [0, 0.05) is 17.3 Å². The van der Waals surface area contributed by atoms with Crippen molar-refractivity contribution in [1.82, 2.24) is 9.97 Å². The predicted octanol–water partition coefficient (Wildman–Crippen LogP) is 1.08. The molecule has 0 bridgehead atoms. The molecule has 0 aliphatic carbocycles. The van der Waals surface area contributed by atoms with Crippen LogP contribution in [0.2, 0.25) is 0 Å². The van der Waals surface area contributed by atoms with Crippen LogP contribution >= 0.6 is 0 Å². The zero-order valence-corrected chi connectivity index (χ0v) is 8.61. The molecule has 0 aromatic carbocycles. The number of amides is 1. The number of anilines is 1. The van der Waals surface area contributed by atoms with Crippen LogP contribution in [0.1, 0.15) is 25.1 Å². The van der Waals surface area contributed by atoms with Crippen LogP contribution in [0, 0.1) is 6.92 Å². The number of carbonyl (C=O) groups is 1. The summed E-state index contributed by atoms with van der Waals surface area (Å²) in [5.74, 6) is 0.913. The first kappa shape index (κ1) is 9.12. The highest BCUT2D eigenvalue weighted by Crippen LogP contribution is 2.29. The molecule has 1 amide bonds. The SMILES string of the molecule is Cc1ncnc2c1CC(=O)N2C(C)C. The molecule has 0 saturated heterocycles. The lowest BCUT2D eigenvalue weighted by Crippen LogP contribution is -2.34. The summed E-state index contributed by atoms with van der Waals surface area (Å²) in [6.07, 6.45) is 1.96. The van der Waals surface area contributed by atoms with E-state index in [9.17, 15) is 4.79 Å². The molecule has 0 atom stereocenters. The number of rotatable bonds is 1. The number of carbonyl (C=O) groups excluding carboxylic acids is 1. The summed E-state index contributed by atoms with van der Waals surface area (Å²) in [6, 6.07) is 0.165. The highest BCUT2D eigenvalue weighted by Gasteiger charge is 2.31. The Kier molecular flexibility index (Phi) is 1.98. The Labute approximate surface area is 83.0 Å². The van der Waals surface area contributed by atoms with Crippen molar-refractivity contribution in [2.24, 2.45) is 0 Å². The minimum atomic E-state index is 0.124. The van der Waals surface area contributed by atoms with E-state index in [0.717, 1.165) is 17.1 Å². The molecule has 0 radical (unpaired) electrons. The van der Waals surface area contributed by atoms with Gasteiger partial charge in [0.05, 0.1) is 6.42 Å². The van der Waals surface area contributed by atoms with Gasteiger partial charge in [-0.1, -0.05) is 0 Å². The lowest BCUT2D eigenvalue weighted by atomic mass is 10.2. The molecule has 4 nitrogen and oxygen atoms in total. The first-order valence-corrected chi connectivity index (χ1v) is 4.73. The van der Waals surface area contributed by atoms with Crippen molar-refractivity contribution in [2.75, 3.05) is 4.90 Å². The average Bonchev–Trinajstić information content (AvgIpc) is 2.42. The topological polar surface area (TPSA) is 46.1 Å². The van der Waals surface area contributed by atoms with E-state index in [-0.39, 0.29) is 11.9 Å². The van der Waals surface area contributed by atoms with Gasteiger partial charge in [0.1, 0.15) is 12.1 Å². The van der Waals surface area contributed by atoms with Gasteiger partial charge >= 0.3 is 0 Å². The summed E-state index contributed by atoms with van der Waals surface area (Å²) in [4.78, 5) is 21.7. The molecule has 0 unspecified atom stereocenters. The Bertz CT molecular complexity index is 387. The second-order valence-electron chi connectivity index (χ2n) is 3.80. The summed E-state index contributed by atoms with van der Waals surface area (Å²) >= 11 is 0. The quantitative estimate of drug-likeness (QED) is 0.667. The first-order chi connectivity index (χ1) is 6.61. The van der Waals surface area contributed by atoms with Crippen molar-refractivity contribution in [3.8, 4) is 0 Å². The van der Waals surface area contributed by atoms with Crippen LogP contribution in [-0.4, -0.2) is 21.9 Å². The molecule has 4 heteroatoms. The van der Waals surface area contributed by atoms with Gasteiger partial charge in [0.25, 0.3) is 0 Å². The molecule has 1 aliphatic rings. The Morgan fingerprint density at radius 1 is 1.43 bits per heavy atom. The molecule has 14 heavy (non-hydrogen) atoms. The monoisotopic (exact) mass is 191 g/mol. The highest BCUT2D eigenvalue weighted by molar-refractivity contribution is 6.00. The van der Waals surface area contributed by atoms with Crippen LogP contribution in [0.5, 0.6) is 0 Å². The van der Waals surface area contributed by atoms with Gasteiger partial charge in [-0.2, -0.15) is 0 Å². The normalized spacial score (nSPS) is 15.1. The van der Waals surface area contributed by atoms with Gasteiger partial charge in [-0.25, -0.2) is 9.97 Å². The third-order valence-corrected chi connectivity index (χ3v) is 2.48. The molecule has 2 heterocycles.